The van der Waals surface area contributed by atoms with Crippen molar-refractivity contribution in [3.8, 4) is 0 Å². The van der Waals surface area contributed by atoms with Crippen LogP contribution >= 0.6 is 0 Å². The van der Waals surface area contributed by atoms with Gasteiger partial charge in [0.15, 0.2) is 0 Å². The molecule has 1 aromatic rings. The first-order chi connectivity index (χ1) is 8.65. The van der Waals surface area contributed by atoms with E-state index in [4.69, 9.17) is 5.11 Å². The minimum atomic E-state index is -0.684. The number of carbonyl (C=O) groups is 1. The molecule has 1 unspecified atom stereocenters. The minimum absolute atomic E-state index is 0.293. The van der Waals surface area contributed by atoms with E-state index in [1.165, 1.54) is 0 Å². The number of imidazole rings is 1. The van der Waals surface area contributed by atoms with Crippen LogP contribution in [0.25, 0.3) is 0 Å². The lowest BCUT2D eigenvalue weighted by molar-refractivity contribution is -0.137. The fraction of sp³-hybridized carbons (Fsp3) is 0.692. The average Bonchev–Trinajstić information content (AvgIpc) is 2.73. The largest absolute Gasteiger partial charge is 0.481 e. The lowest BCUT2D eigenvalue weighted by Crippen LogP contribution is -2.35. The molecule has 0 aliphatic carbocycles. The molecule has 0 aromatic carbocycles. The maximum atomic E-state index is 10.6. The number of aryl methyl sites for hydroxylation is 1. The van der Waals surface area contributed by atoms with Crippen molar-refractivity contribution in [1.29, 1.82) is 0 Å². The van der Waals surface area contributed by atoms with Gasteiger partial charge >= 0.3 is 5.97 Å². The van der Waals surface area contributed by atoms with E-state index < -0.39 is 5.97 Å². The molecule has 1 aromatic heterocycles. The Bertz CT molecular complexity index is 403. The molecule has 2 rings (SSSR count). The molecule has 0 bridgehead atoms. The summed E-state index contributed by atoms with van der Waals surface area (Å²) in [5, 5.41) is 8.73. The van der Waals surface area contributed by atoms with Gasteiger partial charge in [-0.25, -0.2) is 4.98 Å². The van der Waals surface area contributed by atoms with Gasteiger partial charge in [-0.15, -0.1) is 0 Å². The van der Waals surface area contributed by atoms with E-state index >= 15 is 0 Å². The van der Waals surface area contributed by atoms with E-state index in [-0.39, 0.29) is 0 Å². The zero-order valence-electron chi connectivity index (χ0n) is 10.9. The van der Waals surface area contributed by atoms with Gasteiger partial charge in [0.05, 0.1) is 6.54 Å². The Kier molecular flexibility index (Phi) is 4.36. The molecule has 0 spiro atoms. The van der Waals surface area contributed by atoms with Gasteiger partial charge in [0.2, 0.25) is 0 Å². The molecule has 0 saturated carbocycles. The monoisotopic (exact) mass is 251 g/mol. The Labute approximate surface area is 107 Å². The summed E-state index contributed by atoms with van der Waals surface area (Å²) in [6.07, 6.45) is 7.19. The highest BCUT2D eigenvalue weighted by Gasteiger charge is 2.21. The normalized spacial score (nSPS) is 21.1. The molecule has 0 amide bonds. The second kappa shape index (κ2) is 6.00. The Morgan fingerprint density at radius 3 is 3.11 bits per heavy atom. The van der Waals surface area contributed by atoms with Crippen LogP contribution in [0.4, 0.5) is 0 Å². The predicted octanol–water partition coefficient (Wildman–Crippen LogP) is 1.50. The fourth-order valence-corrected chi connectivity index (χ4v) is 2.61. The summed E-state index contributed by atoms with van der Waals surface area (Å²) in [6, 6.07) is 0. The van der Waals surface area contributed by atoms with E-state index in [1.54, 1.807) is 0 Å². The van der Waals surface area contributed by atoms with Crippen LogP contribution in [-0.2, 0) is 18.4 Å². The van der Waals surface area contributed by atoms with Crippen LogP contribution in [0.2, 0.25) is 0 Å². The van der Waals surface area contributed by atoms with Gasteiger partial charge in [-0.05, 0) is 31.7 Å². The molecule has 0 radical (unpaired) electrons. The summed E-state index contributed by atoms with van der Waals surface area (Å²) in [5.41, 5.74) is 0. The maximum Gasteiger partial charge on any atom is 0.303 e. The van der Waals surface area contributed by atoms with E-state index in [2.05, 4.69) is 9.88 Å². The van der Waals surface area contributed by atoms with Crippen molar-refractivity contribution in [2.24, 2.45) is 13.0 Å². The van der Waals surface area contributed by atoms with Crippen molar-refractivity contribution in [1.82, 2.24) is 14.5 Å². The van der Waals surface area contributed by atoms with Gasteiger partial charge in [-0.2, -0.15) is 0 Å². The van der Waals surface area contributed by atoms with Gasteiger partial charge in [0, 0.05) is 32.4 Å². The van der Waals surface area contributed by atoms with Crippen LogP contribution in [0.15, 0.2) is 12.4 Å². The number of likely N-dealkylation sites (tertiary alicyclic amines) is 1. The van der Waals surface area contributed by atoms with Crippen LogP contribution in [0.3, 0.4) is 0 Å². The Morgan fingerprint density at radius 2 is 2.44 bits per heavy atom. The summed E-state index contributed by atoms with van der Waals surface area (Å²) >= 11 is 0. The second-order valence-corrected chi connectivity index (χ2v) is 5.13. The van der Waals surface area contributed by atoms with Gasteiger partial charge in [-0.1, -0.05) is 0 Å². The Balaban J connectivity index is 1.83. The lowest BCUT2D eigenvalue weighted by atomic mass is 9.93. The first-order valence-electron chi connectivity index (χ1n) is 6.55. The number of hydrogen-bond donors (Lipinski definition) is 1. The van der Waals surface area contributed by atoms with Crippen molar-refractivity contribution >= 4 is 5.97 Å². The third kappa shape index (κ3) is 3.57. The van der Waals surface area contributed by atoms with Gasteiger partial charge < -0.3 is 9.67 Å². The number of aromatic nitrogens is 2. The van der Waals surface area contributed by atoms with Gasteiger partial charge in [0.25, 0.3) is 0 Å². The molecule has 1 fully saturated rings. The average molecular weight is 251 g/mol. The number of piperidine rings is 1. The van der Waals surface area contributed by atoms with Crippen molar-refractivity contribution in [3.05, 3.63) is 18.2 Å². The molecule has 1 N–H and O–H groups in total. The van der Waals surface area contributed by atoms with Gasteiger partial charge in [0.1, 0.15) is 5.82 Å². The van der Waals surface area contributed by atoms with Crippen LogP contribution < -0.4 is 0 Å². The van der Waals surface area contributed by atoms with Gasteiger partial charge in [-0.3, -0.25) is 9.69 Å². The van der Waals surface area contributed by atoms with E-state index in [1.807, 2.05) is 24.0 Å². The van der Waals surface area contributed by atoms with Crippen LogP contribution in [-0.4, -0.2) is 38.6 Å². The molecule has 5 nitrogen and oxygen atoms in total. The summed E-state index contributed by atoms with van der Waals surface area (Å²) in [6.45, 7) is 2.96. The molecular formula is C13H21N3O2. The zero-order chi connectivity index (χ0) is 13.0. The zero-order valence-corrected chi connectivity index (χ0v) is 10.9. The molecule has 1 aliphatic rings. The molecule has 18 heavy (non-hydrogen) atoms. The van der Waals surface area contributed by atoms with Crippen LogP contribution in [0.5, 0.6) is 0 Å². The van der Waals surface area contributed by atoms with Crippen molar-refractivity contribution in [3.63, 3.8) is 0 Å². The summed E-state index contributed by atoms with van der Waals surface area (Å²) in [5.74, 6) is 0.917. The number of aliphatic carboxylic acids is 1. The summed E-state index contributed by atoms with van der Waals surface area (Å²) in [7, 11) is 2.01. The molecule has 1 aliphatic heterocycles. The molecule has 2 heterocycles. The highest BCUT2D eigenvalue weighted by atomic mass is 16.4. The maximum absolute atomic E-state index is 10.6. The molecule has 1 saturated heterocycles. The Hall–Kier alpha value is -1.36. The van der Waals surface area contributed by atoms with E-state index in [0.29, 0.717) is 12.3 Å². The lowest BCUT2D eigenvalue weighted by Gasteiger charge is -2.32. The van der Waals surface area contributed by atoms with Crippen molar-refractivity contribution in [2.45, 2.75) is 32.2 Å². The Morgan fingerprint density at radius 1 is 1.61 bits per heavy atom. The molecule has 5 heteroatoms. The van der Waals surface area contributed by atoms with E-state index in [0.717, 1.165) is 44.7 Å². The highest BCUT2D eigenvalue weighted by molar-refractivity contribution is 5.66. The smallest absolute Gasteiger partial charge is 0.303 e. The quantitative estimate of drug-likeness (QED) is 0.861. The number of carboxylic acids is 1. The fourth-order valence-electron chi connectivity index (χ4n) is 2.61. The standard InChI is InChI=1S/C13H21N3O2/c1-15-8-6-14-12(15)10-16-7-2-3-11(9-16)4-5-13(17)18/h6,8,11H,2-5,7,9-10H2,1H3,(H,17,18). The third-order valence-electron chi connectivity index (χ3n) is 3.66. The molecule has 1 atom stereocenters. The number of rotatable bonds is 5. The molecule has 100 valence electrons. The number of hydrogen-bond acceptors (Lipinski definition) is 3. The van der Waals surface area contributed by atoms with Crippen molar-refractivity contribution < 1.29 is 9.90 Å². The minimum Gasteiger partial charge on any atom is -0.481 e. The van der Waals surface area contributed by atoms with Crippen LogP contribution in [0, 0.1) is 5.92 Å². The molecular weight excluding hydrogens is 230 g/mol. The predicted molar refractivity (Wildman–Crippen MR) is 68.1 cm³/mol. The van der Waals surface area contributed by atoms with Crippen molar-refractivity contribution in [2.75, 3.05) is 13.1 Å². The topological polar surface area (TPSA) is 58.4 Å². The third-order valence-corrected chi connectivity index (χ3v) is 3.66. The summed E-state index contributed by atoms with van der Waals surface area (Å²) in [4.78, 5) is 17.3. The second-order valence-electron chi connectivity index (χ2n) is 5.13. The number of nitrogens with zero attached hydrogens (tertiary/aromatic N) is 3. The number of carboxylic acid groups (broad SMARTS) is 1. The first kappa shape index (κ1) is 13.1. The first-order valence-corrected chi connectivity index (χ1v) is 6.55. The highest BCUT2D eigenvalue weighted by Crippen LogP contribution is 2.22. The van der Waals surface area contributed by atoms with Crippen LogP contribution in [0.1, 0.15) is 31.5 Å². The van der Waals surface area contributed by atoms with E-state index in [9.17, 15) is 4.79 Å². The summed E-state index contributed by atoms with van der Waals surface area (Å²) < 4.78 is 2.04. The SMILES string of the molecule is Cn1ccnc1CN1CCCC(CCC(=O)O)C1.